The molecule has 1 rings (SSSR count). The van der Waals surface area contributed by atoms with E-state index in [0.29, 0.717) is 6.54 Å². The molecule has 1 aromatic rings. The number of nitrogens with one attached hydrogen (secondary N) is 2. The zero-order valence-electron chi connectivity index (χ0n) is 15.7. The molecule has 1 unspecified atom stereocenters. The van der Waals surface area contributed by atoms with E-state index in [1.165, 1.54) is 11.3 Å². The molecule has 6 heteroatoms. The van der Waals surface area contributed by atoms with Crippen LogP contribution in [0.25, 0.3) is 0 Å². The zero-order chi connectivity index (χ0) is 17.6. The van der Waals surface area contributed by atoms with Crippen LogP contribution in [-0.2, 0) is 13.5 Å². The molecule has 3 N–H and O–H groups in total. The number of aliphatic hydroxyl groups excluding tert-OH is 1. The minimum absolute atomic E-state index is 0.125. The first-order valence-electron chi connectivity index (χ1n) is 8.35. The highest BCUT2D eigenvalue weighted by atomic mass is 16.3. The van der Waals surface area contributed by atoms with Gasteiger partial charge in [-0.2, -0.15) is 5.10 Å². The summed E-state index contributed by atoms with van der Waals surface area (Å²) in [5, 5.41) is 20.5. The Morgan fingerprint density at radius 3 is 2.52 bits per heavy atom. The summed E-state index contributed by atoms with van der Waals surface area (Å²) < 4.78 is 1.93. The number of guanidine groups is 1. The van der Waals surface area contributed by atoms with Crippen molar-refractivity contribution in [2.75, 3.05) is 19.7 Å². The molecule has 6 nitrogen and oxygen atoms in total. The van der Waals surface area contributed by atoms with Crippen LogP contribution < -0.4 is 10.6 Å². The quantitative estimate of drug-likeness (QED) is 0.526. The largest absolute Gasteiger partial charge is 0.396 e. The molecular formula is C17H33N5O. The van der Waals surface area contributed by atoms with Crippen LogP contribution in [0.3, 0.4) is 0 Å². The van der Waals surface area contributed by atoms with Gasteiger partial charge in [0.2, 0.25) is 0 Å². The van der Waals surface area contributed by atoms with Gasteiger partial charge in [-0.1, -0.05) is 13.8 Å². The van der Waals surface area contributed by atoms with Gasteiger partial charge in [-0.05, 0) is 39.7 Å². The van der Waals surface area contributed by atoms with Crippen LogP contribution in [0.4, 0.5) is 0 Å². The molecule has 0 radical (unpaired) electrons. The molecule has 0 aliphatic heterocycles. The third kappa shape index (κ3) is 5.86. The van der Waals surface area contributed by atoms with Crippen LogP contribution in [0.15, 0.2) is 4.99 Å². The van der Waals surface area contributed by atoms with Crippen molar-refractivity contribution >= 4 is 5.96 Å². The molecular weight excluding hydrogens is 290 g/mol. The zero-order valence-corrected chi connectivity index (χ0v) is 15.7. The molecule has 1 heterocycles. The van der Waals surface area contributed by atoms with E-state index in [0.717, 1.165) is 24.6 Å². The van der Waals surface area contributed by atoms with E-state index < -0.39 is 0 Å². The Balaban J connectivity index is 2.74. The first-order chi connectivity index (χ1) is 10.7. The van der Waals surface area contributed by atoms with Gasteiger partial charge in [0.1, 0.15) is 0 Å². The van der Waals surface area contributed by atoms with Gasteiger partial charge in [0.15, 0.2) is 5.96 Å². The van der Waals surface area contributed by atoms with Crippen molar-refractivity contribution in [2.24, 2.45) is 17.5 Å². The molecule has 1 aromatic heterocycles. The average Bonchev–Trinajstić information content (AvgIpc) is 2.71. The first-order valence-corrected chi connectivity index (χ1v) is 8.35. The molecule has 0 spiro atoms. The SMILES string of the molecule is CCNC(=NCC(C)(C)CO)NC(C)Cc1c(C)nn(C)c1C. The minimum Gasteiger partial charge on any atom is -0.396 e. The lowest BCUT2D eigenvalue weighted by molar-refractivity contribution is 0.167. The summed E-state index contributed by atoms with van der Waals surface area (Å²) in [6.07, 6.45) is 0.902. The number of hydrogen-bond acceptors (Lipinski definition) is 3. The Kier molecular flexibility index (Phi) is 7.06. The van der Waals surface area contributed by atoms with E-state index in [1.807, 2.05) is 25.6 Å². The van der Waals surface area contributed by atoms with E-state index in [9.17, 15) is 5.11 Å². The number of aromatic nitrogens is 2. The molecule has 0 aliphatic rings. The summed E-state index contributed by atoms with van der Waals surface area (Å²) in [4.78, 5) is 4.60. The lowest BCUT2D eigenvalue weighted by Gasteiger charge is -2.22. The van der Waals surface area contributed by atoms with Crippen LogP contribution in [0, 0.1) is 19.3 Å². The molecule has 0 bridgehead atoms. The summed E-state index contributed by atoms with van der Waals surface area (Å²) >= 11 is 0. The van der Waals surface area contributed by atoms with Gasteiger partial charge in [0, 0.05) is 37.4 Å². The highest BCUT2D eigenvalue weighted by Crippen LogP contribution is 2.15. The Morgan fingerprint density at radius 1 is 1.39 bits per heavy atom. The van der Waals surface area contributed by atoms with E-state index >= 15 is 0 Å². The normalized spacial score (nSPS) is 14.0. The van der Waals surface area contributed by atoms with Crippen LogP contribution >= 0.6 is 0 Å². The topological polar surface area (TPSA) is 74.5 Å². The molecule has 0 saturated carbocycles. The van der Waals surface area contributed by atoms with Crippen molar-refractivity contribution in [3.05, 3.63) is 17.0 Å². The maximum absolute atomic E-state index is 9.36. The van der Waals surface area contributed by atoms with Crippen molar-refractivity contribution in [1.29, 1.82) is 0 Å². The summed E-state index contributed by atoms with van der Waals surface area (Å²) in [6, 6.07) is 0.242. The third-order valence-electron chi connectivity index (χ3n) is 3.99. The number of nitrogens with zero attached hydrogens (tertiary/aromatic N) is 3. The predicted octanol–water partition coefficient (Wildman–Crippen LogP) is 1.54. The average molecular weight is 323 g/mol. The van der Waals surface area contributed by atoms with Crippen LogP contribution in [0.2, 0.25) is 0 Å². The molecule has 0 amide bonds. The Hall–Kier alpha value is -1.56. The number of rotatable bonds is 7. The fraction of sp³-hybridized carbons (Fsp3) is 0.765. The second-order valence-corrected chi connectivity index (χ2v) is 7.04. The second kappa shape index (κ2) is 8.34. The number of aliphatic hydroxyl groups is 1. The van der Waals surface area contributed by atoms with Crippen molar-refractivity contribution in [3.63, 3.8) is 0 Å². The van der Waals surface area contributed by atoms with Gasteiger partial charge in [-0.15, -0.1) is 0 Å². The van der Waals surface area contributed by atoms with Gasteiger partial charge < -0.3 is 15.7 Å². The Labute approximate surface area is 140 Å². The van der Waals surface area contributed by atoms with E-state index in [1.54, 1.807) is 0 Å². The maximum atomic E-state index is 9.36. The standard InChI is InChI=1S/C17H33N5O/c1-8-18-16(19-10-17(5,6)11-23)20-12(2)9-15-13(3)21-22(7)14(15)4/h12,23H,8-11H2,1-7H3,(H2,18,19,20). The highest BCUT2D eigenvalue weighted by molar-refractivity contribution is 5.80. The van der Waals surface area contributed by atoms with Crippen LogP contribution in [-0.4, -0.2) is 46.6 Å². The molecule has 23 heavy (non-hydrogen) atoms. The Morgan fingerprint density at radius 2 is 2.04 bits per heavy atom. The van der Waals surface area contributed by atoms with Crippen LogP contribution in [0.5, 0.6) is 0 Å². The molecule has 0 aromatic carbocycles. The number of aliphatic imine (C=N–C) groups is 1. The molecule has 132 valence electrons. The van der Waals surface area contributed by atoms with Crippen molar-refractivity contribution in [1.82, 2.24) is 20.4 Å². The lowest BCUT2D eigenvalue weighted by Crippen LogP contribution is -2.43. The van der Waals surface area contributed by atoms with Gasteiger partial charge in [0.25, 0.3) is 0 Å². The first kappa shape index (κ1) is 19.5. The third-order valence-corrected chi connectivity index (χ3v) is 3.99. The Bertz CT molecular complexity index is 533. The molecule has 0 aliphatic carbocycles. The molecule has 0 saturated heterocycles. The maximum Gasteiger partial charge on any atom is 0.191 e. The smallest absolute Gasteiger partial charge is 0.191 e. The van der Waals surface area contributed by atoms with Crippen molar-refractivity contribution in [2.45, 2.75) is 54.0 Å². The van der Waals surface area contributed by atoms with E-state index in [4.69, 9.17) is 0 Å². The molecule has 1 atom stereocenters. The van der Waals surface area contributed by atoms with Crippen molar-refractivity contribution < 1.29 is 5.11 Å². The van der Waals surface area contributed by atoms with Gasteiger partial charge >= 0.3 is 0 Å². The fourth-order valence-electron chi connectivity index (χ4n) is 2.37. The second-order valence-electron chi connectivity index (χ2n) is 7.04. The van der Waals surface area contributed by atoms with Gasteiger partial charge in [-0.3, -0.25) is 9.67 Å². The van der Waals surface area contributed by atoms with Crippen LogP contribution in [0.1, 0.15) is 44.6 Å². The van der Waals surface area contributed by atoms with Crippen molar-refractivity contribution in [3.8, 4) is 0 Å². The summed E-state index contributed by atoms with van der Waals surface area (Å²) in [6.45, 7) is 13.9. The minimum atomic E-state index is -0.206. The summed E-state index contributed by atoms with van der Waals surface area (Å²) in [5.41, 5.74) is 3.38. The van der Waals surface area contributed by atoms with Gasteiger partial charge in [-0.25, -0.2) is 0 Å². The summed E-state index contributed by atoms with van der Waals surface area (Å²) in [5.74, 6) is 0.792. The molecule has 0 fully saturated rings. The highest BCUT2D eigenvalue weighted by Gasteiger charge is 2.17. The number of hydrogen-bond donors (Lipinski definition) is 3. The summed E-state index contributed by atoms with van der Waals surface area (Å²) in [7, 11) is 1.98. The number of aryl methyl sites for hydroxylation is 2. The monoisotopic (exact) mass is 323 g/mol. The fourth-order valence-corrected chi connectivity index (χ4v) is 2.37. The van der Waals surface area contributed by atoms with E-state index in [2.05, 4.69) is 48.4 Å². The predicted molar refractivity (Wildman–Crippen MR) is 95.8 cm³/mol. The lowest BCUT2D eigenvalue weighted by atomic mass is 9.95. The van der Waals surface area contributed by atoms with Gasteiger partial charge in [0.05, 0.1) is 12.2 Å². The van der Waals surface area contributed by atoms with E-state index in [-0.39, 0.29) is 18.1 Å².